The van der Waals surface area contributed by atoms with Crippen molar-refractivity contribution in [1.82, 2.24) is 0 Å². The van der Waals surface area contributed by atoms with Crippen LogP contribution >= 0.6 is 15.9 Å². The molecular weight excluding hydrogens is 314 g/mol. The number of benzene rings is 1. The van der Waals surface area contributed by atoms with E-state index in [0.717, 1.165) is 0 Å². The summed E-state index contributed by atoms with van der Waals surface area (Å²) in [5, 5.41) is 10.1. The molecule has 0 spiro atoms. The normalized spacial score (nSPS) is 12.9. The number of methoxy groups -OCH3 is 2. The first-order valence-electron chi connectivity index (χ1n) is 5.66. The molecule has 0 saturated heterocycles. The van der Waals surface area contributed by atoms with E-state index in [2.05, 4.69) is 15.9 Å². The van der Waals surface area contributed by atoms with Crippen LogP contribution in [0.25, 0.3) is 0 Å². The van der Waals surface area contributed by atoms with Gasteiger partial charge in [0, 0.05) is 16.1 Å². The molecule has 5 nitrogen and oxygen atoms in total. The molecule has 0 saturated carbocycles. The molecule has 0 aliphatic rings. The summed E-state index contributed by atoms with van der Waals surface area (Å²) < 4.78 is 10.5. The van der Waals surface area contributed by atoms with Crippen LogP contribution in [0.1, 0.15) is 25.5 Å². The number of aromatic hydroxyl groups is 1. The largest absolute Gasteiger partial charge is 0.504 e. The fourth-order valence-electron chi connectivity index (χ4n) is 1.77. The van der Waals surface area contributed by atoms with Crippen molar-refractivity contribution in [3.63, 3.8) is 0 Å². The van der Waals surface area contributed by atoms with Gasteiger partial charge in [-0.05, 0) is 26.0 Å². The summed E-state index contributed by atoms with van der Waals surface area (Å²) in [4.78, 5) is 11.8. The monoisotopic (exact) mass is 331 g/mol. The maximum absolute atomic E-state index is 11.8. The molecule has 6 heteroatoms. The Bertz CT molecular complexity index is 488. The number of nitrogens with two attached hydrogens (primary N) is 1. The van der Waals surface area contributed by atoms with Crippen LogP contribution in [0.4, 0.5) is 0 Å². The number of rotatable bonds is 4. The highest BCUT2D eigenvalue weighted by molar-refractivity contribution is 9.10. The maximum Gasteiger partial charge on any atom is 0.313 e. The first-order valence-corrected chi connectivity index (χ1v) is 6.45. The van der Waals surface area contributed by atoms with Gasteiger partial charge in [0.15, 0.2) is 11.5 Å². The third-order valence-corrected chi connectivity index (χ3v) is 3.57. The van der Waals surface area contributed by atoms with Crippen LogP contribution in [0.3, 0.4) is 0 Å². The molecule has 1 aromatic carbocycles. The zero-order chi connectivity index (χ0) is 14.8. The summed E-state index contributed by atoms with van der Waals surface area (Å²) in [6.45, 7) is 3.33. The molecule has 1 aromatic rings. The Morgan fingerprint density at radius 3 is 2.47 bits per heavy atom. The minimum absolute atomic E-state index is 0.0739. The molecule has 0 bridgehead atoms. The zero-order valence-electron chi connectivity index (χ0n) is 11.4. The van der Waals surface area contributed by atoms with Crippen molar-refractivity contribution in [1.29, 1.82) is 0 Å². The van der Waals surface area contributed by atoms with Crippen LogP contribution in [-0.2, 0) is 9.53 Å². The summed E-state index contributed by atoms with van der Waals surface area (Å²) >= 11 is 3.31. The topological polar surface area (TPSA) is 81.8 Å². The quantitative estimate of drug-likeness (QED) is 0.827. The smallest absolute Gasteiger partial charge is 0.313 e. The van der Waals surface area contributed by atoms with Gasteiger partial charge in [-0.1, -0.05) is 15.9 Å². The number of hydrogen-bond donors (Lipinski definition) is 2. The molecule has 0 aliphatic carbocycles. The Morgan fingerprint density at radius 2 is 2.00 bits per heavy atom. The number of phenols is 1. The molecule has 0 aliphatic heterocycles. The number of phenolic OH excluding ortho intramolecular Hbond substituents is 1. The van der Waals surface area contributed by atoms with E-state index in [4.69, 9.17) is 15.2 Å². The van der Waals surface area contributed by atoms with Gasteiger partial charge in [0.25, 0.3) is 0 Å². The molecule has 1 rings (SSSR count). The molecule has 0 radical (unpaired) electrons. The van der Waals surface area contributed by atoms with E-state index in [1.807, 2.05) is 0 Å². The van der Waals surface area contributed by atoms with Crippen LogP contribution in [-0.4, -0.2) is 25.3 Å². The Morgan fingerprint density at radius 1 is 1.42 bits per heavy atom. The standard InChI is InChI=1S/C13H18BrNO4/c1-13(2,12(17)19-4)11(15)8-5-7(14)6-9(18-3)10(8)16/h5-6,11,16H,15H2,1-4H3/t11-/m0/s1. The van der Waals surface area contributed by atoms with E-state index in [1.165, 1.54) is 14.2 Å². The van der Waals surface area contributed by atoms with Crippen molar-refractivity contribution in [3.8, 4) is 11.5 Å². The molecule has 0 aromatic heterocycles. The minimum Gasteiger partial charge on any atom is -0.504 e. The average molecular weight is 332 g/mol. The van der Waals surface area contributed by atoms with Crippen molar-refractivity contribution >= 4 is 21.9 Å². The lowest BCUT2D eigenvalue weighted by Crippen LogP contribution is -2.37. The highest BCUT2D eigenvalue weighted by Crippen LogP contribution is 2.42. The molecule has 106 valence electrons. The Hall–Kier alpha value is -1.27. The lowest BCUT2D eigenvalue weighted by Gasteiger charge is -2.29. The van der Waals surface area contributed by atoms with E-state index < -0.39 is 17.4 Å². The molecule has 0 amide bonds. The van der Waals surface area contributed by atoms with Gasteiger partial charge >= 0.3 is 5.97 Å². The van der Waals surface area contributed by atoms with Crippen molar-refractivity contribution in [2.75, 3.05) is 14.2 Å². The number of esters is 1. The van der Waals surface area contributed by atoms with Crippen molar-refractivity contribution in [3.05, 3.63) is 22.2 Å². The lowest BCUT2D eigenvalue weighted by molar-refractivity contribution is -0.152. The summed E-state index contributed by atoms with van der Waals surface area (Å²) in [5.41, 5.74) is 5.55. The van der Waals surface area contributed by atoms with Crippen LogP contribution < -0.4 is 10.5 Å². The molecule has 1 atom stereocenters. The third-order valence-electron chi connectivity index (χ3n) is 3.11. The Kier molecular flexibility index (Phi) is 4.81. The fraction of sp³-hybridized carbons (Fsp3) is 0.462. The van der Waals surface area contributed by atoms with E-state index in [1.54, 1.807) is 26.0 Å². The van der Waals surface area contributed by atoms with Gasteiger partial charge in [0.05, 0.1) is 19.6 Å². The number of halogens is 1. The van der Waals surface area contributed by atoms with Gasteiger partial charge in [-0.3, -0.25) is 4.79 Å². The predicted octanol–water partition coefficient (Wildman–Crippen LogP) is 2.36. The average Bonchev–Trinajstić information content (AvgIpc) is 2.38. The zero-order valence-corrected chi connectivity index (χ0v) is 12.9. The molecule has 3 N–H and O–H groups in total. The molecule has 0 unspecified atom stereocenters. The number of hydrogen-bond acceptors (Lipinski definition) is 5. The van der Waals surface area contributed by atoms with Crippen molar-refractivity contribution < 1.29 is 19.4 Å². The van der Waals surface area contributed by atoms with Gasteiger partial charge in [-0.2, -0.15) is 0 Å². The fourth-order valence-corrected chi connectivity index (χ4v) is 2.22. The van der Waals surface area contributed by atoms with E-state index >= 15 is 0 Å². The van der Waals surface area contributed by atoms with Gasteiger partial charge in [-0.25, -0.2) is 0 Å². The van der Waals surface area contributed by atoms with Crippen LogP contribution in [0, 0.1) is 5.41 Å². The van der Waals surface area contributed by atoms with Crippen LogP contribution in [0.2, 0.25) is 0 Å². The second kappa shape index (κ2) is 5.79. The number of carbonyl (C=O) groups excluding carboxylic acids is 1. The van der Waals surface area contributed by atoms with Gasteiger partial charge in [0.2, 0.25) is 0 Å². The van der Waals surface area contributed by atoms with Crippen LogP contribution in [0.15, 0.2) is 16.6 Å². The van der Waals surface area contributed by atoms with Crippen molar-refractivity contribution in [2.45, 2.75) is 19.9 Å². The summed E-state index contributed by atoms with van der Waals surface area (Å²) in [6.07, 6.45) is 0. The Labute approximate surface area is 120 Å². The van der Waals surface area contributed by atoms with Gasteiger partial charge in [-0.15, -0.1) is 0 Å². The highest BCUT2D eigenvalue weighted by atomic mass is 79.9. The second-order valence-corrected chi connectivity index (χ2v) is 5.65. The lowest BCUT2D eigenvalue weighted by atomic mass is 9.80. The Balaban J connectivity index is 3.30. The number of ether oxygens (including phenoxy) is 2. The van der Waals surface area contributed by atoms with E-state index in [-0.39, 0.29) is 5.75 Å². The summed E-state index contributed by atoms with van der Waals surface area (Å²) in [5.74, 6) is -0.228. The molecular formula is C13H18BrNO4. The first kappa shape index (κ1) is 15.8. The third kappa shape index (κ3) is 3.01. The van der Waals surface area contributed by atoms with Gasteiger partial charge < -0.3 is 20.3 Å². The number of carbonyl (C=O) groups is 1. The second-order valence-electron chi connectivity index (χ2n) is 4.74. The molecule has 19 heavy (non-hydrogen) atoms. The van der Waals surface area contributed by atoms with Crippen molar-refractivity contribution in [2.24, 2.45) is 11.1 Å². The van der Waals surface area contributed by atoms with E-state index in [0.29, 0.717) is 15.8 Å². The maximum atomic E-state index is 11.8. The molecule has 0 heterocycles. The minimum atomic E-state index is -0.974. The van der Waals surface area contributed by atoms with Crippen LogP contribution in [0.5, 0.6) is 11.5 Å². The SMILES string of the molecule is COC(=O)C(C)(C)[C@@H](N)c1cc(Br)cc(OC)c1O. The first-order chi connectivity index (χ1) is 8.75. The van der Waals surface area contributed by atoms with E-state index in [9.17, 15) is 9.90 Å². The van der Waals surface area contributed by atoms with Gasteiger partial charge in [0.1, 0.15) is 0 Å². The summed E-state index contributed by atoms with van der Waals surface area (Å²) in [7, 11) is 2.75. The predicted molar refractivity (Wildman–Crippen MR) is 75.1 cm³/mol. The molecule has 0 fully saturated rings. The summed E-state index contributed by atoms with van der Waals surface area (Å²) in [6, 6.07) is 2.55. The highest BCUT2D eigenvalue weighted by Gasteiger charge is 2.38.